The third-order valence-electron chi connectivity index (χ3n) is 3.28. The second-order valence-corrected chi connectivity index (χ2v) is 4.49. The van der Waals surface area contributed by atoms with Crippen LogP contribution in [0.25, 0.3) is 11.0 Å². The quantitative estimate of drug-likeness (QED) is 0.835. The van der Waals surface area contributed by atoms with Crippen molar-refractivity contribution in [2.45, 2.75) is 26.4 Å². The molecule has 0 amide bonds. The molecule has 2 aromatic rings. The number of rotatable bonds is 4. The van der Waals surface area contributed by atoms with Gasteiger partial charge in [-0.3, -0.25) is 0 Å². The monoisotopic (exact) mass is 233 g/mol. The van der Waals surface area contributed by atoms with Gasteiger partial charge in [-0.2, -0.15) is 0 Å². The van der Waals surface area contributed by atoms with Crippen LogP contribution in [-0.4, -0.2) is 34.4 Å². The summed E-state index contributed by atoms with van der Waals surface area (Å²) in [6.07, 6.45) is 1.84. The van der Waals surface area contributed by atoms with Crippen molar-refractivity contribution in [2.75, 3.05) is 13.7 Å². The largest absolute Gasteiger partial charge is 0.395 e. The van der Waals surface area contributed by atoms with E-state index in [0.29, 0.717) is 0 Å². The van der Waals surface area contributed by atoms with Crippen LogP contribution in [0.2, 0.25) is 0 Å². The lowest BCUT2D eigenvalue weighted by molar-refractivity contribution is 0.236. The van der Waals surface area contributed by atoms with Crippen LogP contribution in [-0.2, 0) is 6.54 Å². The van der Waals surface area contributed by atoms with Gasteiger partial charge in [0.05, 0.1) is 24.0 Å². The molecular weight excluding hydrogens is 214 g/mol. The van der Waals surface area contributed by atoms with Gasteiger partial charge in [-0.05, 0) is 44.2 Å². The van der Waals surface area contributed by atoms with Gasteiger partial charge < -0.3 is 15.0 Å². The Kier molecular flexibility index (Phi) is 3.45. The van der Waals surface area contributed by atoms with Gasteiger partial charge >= 0.3 is 0 Å². The predicted molar refractivity (Wildman–Crippen MR) is 69.1 cm³/mol. The minimum absolute atomic E-state index is 0.0639. The predicted octanol–water partition coefficient (Wildman–Crippen LogP) is 1.23. The summed E-state index contributed by atoms with van der Waals surface area (Å²) >= 11 is 0. The van der Waals surface area contributed by atoms with Gasteiger partial charge in [0.15, 0.2) is 0 Å². The third kappa shape index (κ3) is 2.33. The summed E-state index contributed by atoms with van der Waals surface area (Å²) in [5.41, 5.74) is 4.67. The van der Waals surface area contributed by atoms with Gasteiger partial charge in [-0.1, -0.05) is 0 Å². The molecule has 92 valence electrons. The molecule has 0 saturated carbocycles. The van der Waals surface area contributed by atoms with Crippen molar-refractivity contribution in [1.29, 1.82) is 0 Å². The molecule has 4 nitrogen and oxygen atoms in total. The zero-order chi connectivity index (χ0) is 12.4. The number of aromatic nitrogens is 2. The van der Waals surface area contributed by atoms with Crippen LogP contribution in [0.15, 0.2) is 18.5 Å². The van der Waals surface area contributed by atoms with E-state index in [-0.39, 0.29) is 12.6 Å². The number of nitrogens with one attached hydrogen (secondary N) is 1. The van der Waals surface area contributed by atoms with Crippen molar-refractivity contribution >= 4 is 11.0 Å². The van der Waals surface area contributed by atoms with Crippen molar-refractivity contribution in [3.8, 4) is 0 Å². The number of imidazole rings is 1. The van der Waals surface area contributed by atoms with E-state index >= 15 is 0 Å². The van der Waals surface area contributed by atoms with Gasteiger partial charge in [0.25, 0.3) is 0 Å². The van der Waals surface area contributed by atoms with E-state index in [0.717, 1.165) is 17.6 Å². The highest BCUT2D eigenvalue weighted by Gasteiger charge is 2.09. The number of benzene rings is 1. The molecule has 0 aliphatic carbocycles. The molecule has 1 aromatic heterocycles. The van der Waals surface area contributed by atoms with Crippen LogP contribution < -0.4 is 5.32 Å². The third-order valence-corrected chi connectivity index (χ3v) is 3.28. The van der Waals surface area contributed by atoms with Gasteiger partial charge in [0.1, 0.15) is 0 Å². The van der Waals surface area contributed by atoms with Crippen LogP contribution in [0.4, 0.5) is 0 Å². The molecule has 1 heterocycles. The van der Waals surface area contributed by atoms with E-state index in [9.17, 15) is 5.11 Å². The summed E-state index contributed by atoms with van der Waals surface area (Å²) in [7, 11) is 1.86. The molecule has 17 heavy (non-hydrogen) atoms. The normalized spacial score (nSPS) is 13.2. The Morgan fingerprint density at radius 1 is 1.35 bits per heavy atom. The van der Waals surface area contributed by atoms with Crippen molar-refractivity contribution in [1.82, 2.24) is 14.9 Å². The molecular formula is C13H19N3O. The summed E-state index contributed by atoms with van der Waals surface area (Å²) in [6, 6.07) is 4.32. The Morgan fingerprint density at radius 2 is 2.06 bits per heavy atom. The van der Waals surface area contributed by atoms with Crippen LogP contribution in [0.3, 0.4) is 0 Å². The first kappa shape index (κ1) is 12.1. The van der Waals surface area contributed by atoms with E-state index < -0.39 is 0 Å². The molecule has 1 unspecified atom stereocenters. The number of aliphatic hydroxyl groups excluding tert-OH is 1. The summed E-state index contributed by atoms with van der Waals surface area (Å²) in [6.45, 7) is 5.05. The lowest BCUT2D eigenvalue weighted by Gasteiger charge is -2.14. The Balaban J connectivity index is 2.38. The molecule has 4 heteroatoms. The van der Waals surface area contributed by atoms with E-state index in [1.165, 1.54) is 11.1 Å². The molecule has 2 N–H and O–H groups in total. The first-order valence-electron chi connectivity index (χ1n) is 5.86. The maximum atomic E-state index is 9.20. The summed E-state index contributed by atoms with van der Waals surface area (Å²) in [5.74, 6) is 0. The van der Waals surface area contributed by atoms with E-state index in [2.05, 4.69) is 40.8 Å². The number of fused-ring (bicyclic) bond motifs is 1. The highest BCUT2D eigenvalue weighted by Crippen LogP contribution is 2.18. The number of likely N-dealkylation sites (N-methyl/N-ethyl adjacent to an activating group) is 1. The second-order valence-electron chi connectivity index (χ2n) is 4.49. The fourth-order valence-corrected chi connectivity index (χ4v) is 1.94. The molecule has 0 fully saturated rings. The Labute approximate surface area is 101 Å². The fraction of sp³-hybridized carbons (Fsp3) is 0.462. The first-order chi connectivity index (χ1) is 8.15. The van der Waals surface area contributed by atoms with E-state index in [1.807, 2.05) is 13.4 Å². The number of nitrogens with zero attached hydrogens (tertiary/aromatic N) is 2. The fourth-order valence-electron chi connectivity index (χ4n) is 1.94. The maximum absolute atomic E-state index is 9.20. The van der Waals surface area contributed by atoms with Gasteiger partial charge in [-0.15, -0.1) is 0 Å². The SMILES string of the molecule is CNC(CO)Cn1cnc2cc(C)c(C)cc21. The summed E-state index contributed by atoms with van der Waals surface area (Å²) < 4.78 is 2.08. The molecule has 0 bridgehead atoms. The van der Waals surface area contributed by atoms with Crippen molar-refractivity contribution in [3.05, 3.63) is 29.6 Å². The first-order valence-corrected chi connectivity index (χ1v) is 5.86. The number of aliphatic hydroxyl groups is 1. The number of aryl methyl sites for hydroxylation is 2. The Morgan fingerprint density at radius 3 is 2.71 bits per heavy atom. The lowest BCUT2D eigenvalue weighted by atomic mass is 10.1. The van der Waals surface area contributed by atoms with Crippen molar-refractivity contribution in [2.24, 2.45) is 0 Å². The molecule has 1 aromatic carbocycles. The zero-order valence-corrected chi connectivity index (χ0v) is 10.6. The molecule has 0 radical (unpaired) electrons. The maximum Gasteiger partial charge on any atom is 0.0958 e. The zero-order valence-electron chi connectivity index (χ0n) is 10.6. The second kappa shape index (κ2) is 4.85. The van der Waals surface area contributed by atoms with Crippen LogP contribution in [0.5, 0.6) is 0 Å². The van der Waals surface area contributed by atoms with Crippen LogP contribution in [0.1, 0.15) is 11.1 Å². The molecule has 1 atom stereocenters. The Bertz CT molecular complexity index is 515. The molecule has 0 spiro atoms. The van der Waals surface area contributed by atoms with Crippen molar-refractivity contribution in [3.63, 3.8) is 0 Å². The lowest BCUT2D eigenvalue weighted by Crippen LogP contribution is -2.33. The topological polar surface area (TPSA) is 50.1 Å². The summed E-state index contributed by atoms with van der Waals surface area (Å²) in [4.78, 5) is 4.40. The van der Waals surface area contributed by atoms with Crippen LogP contribution >= 0.6 is 0 Å². The summed E-state index contributed by atoms with van der Waals surface area (Å²) in [5, 5.41) is 12.3. The average molecular weight is 233 g/mol. The van der Waals surface area contributed by atoms with Gasteiger partial charge in [-0.25, -0.2) is 4.98 Å². The standard InChI is InChI=1S/C13H19N3O/c1-9-4-12-13(5-10(9)2)16(8-15-12)6-11(7-17)14-3/h4-5,8,11,14,17H,6-7H2,1-3H3. The highest BCUT2D eigenvalue weighted by atomic mass is 16.3. The minimum atomic E-state index is 0.0639. The smallest absolute Gasteiger partial charge is 0.0958 e. The van der Waals surface area contributed by atoms with E-state index in [1.54, 1.807) is 0 Å². The number of hydrogen-bond acceptors (Lipinski definition) is 3. The average Bonchev–Trinajstić information content (AvgIpc) is 2.69. The van der Waals surface area contributed by atoms with Crippen LogP contribution in [0, 0.1) is 13.8 Å². The molecule has 0 saturated heterocycles. The molecule has 2 rings (SSSR count). The Hall–Kier alpha value is -1.39. The van der Waals surface area contributed by atoms with Crippen molar-refractivity contribution < 1.29 is 5.11 Å². The highest BCUT2D eigenvalue weighted by molar-refractivity contribution is 5.77. The van der Waals surface area contributed by atoms with Gasteiger partial charge in [0.2, 0.25) is 0 Å². The molecule has 0 aliphatic rings. The minimum Gasteiger partial charge on any atom is -0.395 e. The number of hydrogen-bond donors (Lipinski definition) is 2. The van der Waals surface area contributed by atoms with E-state index in [4.69, 9.17) is 0 Å². The van der Waals surface area contributed by atoms with Gasteiger partial charge in [0, 0.05) is 12.6 Å². The molecule has 0 aliphatic heterocycles.